The molecule has 3 heteroatoms. The highest BCUT2D eigenvalue weighted by Crippen LogP contribution is 2.25. The summed E-state index contributed by atoms with van der Waals surface area (Å²) in [6.07, 6.45) is 3.37. The third kappa shape index (κ3) is 3.78. The van der Waals surface area contributed by atoms with E-state index in [2.05, 4.69) is 43.4 Å². The molecule has 2 rings (SSSR count). The van der Waals surface area contributed by atoms with Gasteiger partial charge in [0.05, 0.1) is 5.60 Å². The Balaban J connectivity index is 1.95. The van der Waals surface area contributed by atoms with Crippen molar-refractivity contribution in [1.29, 1.82) is 0 Å². The molecule has 19 heavy (non-hydrogen) atoms. The fourth-order valence-electron chi connectivity index (χ4n) is 2.64. The summed E-state index contributed by atoms with van der Waals surface area (Å²) >= 11 is 0. The van der Waals surface area contributed by atoms with E-state index in [1.807, 2.05) is 0 Å². The van der Waals surface area contributed by atoms with Crippen LogP contribution in [0.3, 0.4) is 0 Å². The first kappa shape index (κ1) is 14.5. The minimum atomic E-state index is -0.0171. The molecule has 3 nitrogen and oxygen atoms in total. The minimum absolute atomic E-state index is 0.0171. The van der Waals surface area contributed by atoms with Crippen LogP contribution >= 0.6 is 0 Å². The van der Waals surface area contributed by atoms with Gasteiger partial charge in [-0.2, -0.15) is 0 Å². The van der Waals surface area contributed by atoms with Crippen molar-refractivity contribution in [2.24, 2.45) is 5.73 Å². The molecular weight excluding hydrogens is 236 g/mol. The lowest BCUT2D eigenvalue weighted by atomic mass is 10.00. The van der Waals surface area contributed by atoms with Gasteiger partial charge in [0.2, 0.25) is 0 Å². The topological polar surface area (TPSA) is 47.3 Å². The van der Waals surface area contributed by atoms with E-state index in [1.54, 1.807) is 0 Å². The molecule has 0 saturated carbocycles. The Morgan fingerprint density at radius 3 is 2.63 bits per heavy atom. The number of rotatable bonds is 6. The van der Waals surface area contributed by atoms with Crippen molar-refractivity contribution in [3.8, 4) is 0 Å². The van der Waals surface area contributed by atoms with E-state index in [-0.39, 0.29) is 11.6 Å². The van der Waals surface area contributed by atoms with Crippen LogP contribution in [0, 0.1) is 0 Å². The van der Waals surface area contributed by atoms with Crippen LogP contribution in [-0.4, -0.2) is 25.3 Å². The minimum Gasteiger partial charge on any atom is -0.374 e. The maximum atomic E-state index is 5.90. The van der Waals surface area contributed by atoms with E-state index in [1.165, 1.54) is 11.1 Å². The number of benzene rings is 1. The van der Waals surface area contributed by atoms with Crippen molar-refractivity contribution >= 4 is 0 Å². The Hall–Kier alpha value is -0.900. The van der Waals surface area contributed by atoms with Gasteiger partial charge in [-0.05, 0) is 37.3 Å². The van der Waals surface area contributed by atoms with E-state index in [0.29, 0.717) is 6.54 Å². The third-order valence-electron chi connectivity index (χ3n) is 4.05. The zero-order valence-electron chi connectivity index (χ0n) is 12.1. The van der Waals surface area contributed by atoms with Gasteiger partial charge in [-0.15, -0.1) is 0 Å². The van der Waals surface area contributed by atoms with Crippen molar-refractivity contribution in [3.05, 3.63) is 35.4 Å². The highest BCUT2D eigenvalue weighted by Gasteiger charge is 2.30. The third-order valence-corrected chi connectivity index (χ3v) is 4.05. The van der Waals surface area contributed by atoms with Crippen molar-refractivity contribution in [2.75, 3.05) is 19.7 Å². The number of hydrogen-bond acceptors (Lipinski definition) is 3. The highest BCUT2D eigenvalue weighted by molar-refractivity contribution is 5.25. The summed E-state index contributed by atoms with van der Waals surface area (Å²) in [4.78, 5) is 0. The van der Waals surface area contributed by atoms with Gasteiger partial charge in [0, 0.05) is 25.7 Å². The van der Waals surface area contributed by atoms with Crippen LogP contribution in [0.2, 0.25) is 0 Å². The molecule has 1 aliphatic heterocycles. The summed E-state index contributed by atoms with van der Waals surface area (Å²) < 4.78 is 5.80. The van der Waals surface area contributed by atoms with E-state index in [0.717, 1.165) is 32.4 Å². The summed E-state index contributed by atoms with van der Waals surface area (Å²) in [5, 5.41) is 3.56. The second-order valence-corrected chi connectivity index (χ2v) is 5.67. The molecule has 1 heterocycles. The SMILES string of the molecule is CCc1ccc(C(CN)NCC2(C)CCCO2)cc1. The van der Waals surface area contributed by atoms with Crippen LogP contribution in [0.4, 0.5) is 0 Å². The summed E-state index contributed by atoms with van der Waals surface area (Å²) in [5.41, 5.74) is 8.51. The molecule has 106 valence electrons. The van der Waals surface area contributed by atoms with Gasteiger partial charge in [0.15, 0.2) is 0 Å². The van der Waals surface area contributed by atoms with Gasteiger partial charge in [-0.25, -0.2) is 0 Å². The molecule has 2 unspecified atom stereocenters. The van der Waals surface area contributed by atoms with Crippen LogP contribution < -0.4 is 11.1 Å². The molecular formula is C16H26N2O. The molecule has 0 radical (unpaired) electrons. The smallest absolute Gasteiger partial charge is 0.0779 e. The van der Waals surface area contributed by atoms with E-state index in [9.17, 15) is 0 Å². The Kier molecular flexibility index (Phi) is 4.97. The van der Waals surface area contributed by atoms with E-state index >= 15 is 0 Å². The van der Waals surface area contributed by atoms with Gasteiger partial charge in [0.25, 0.3) is 0 Å². The molecule has 0 bridgehead atoms. The summed E-state index contributed by atoms with van der Waals surface area (Å²) in [7, 11) is 0. The van der Waals surface area contributed by atoms with Crippen molar-refractivity contribution in [3.63, 3.8) is 0 Å². The number of ether oxygens (including phenoxy) is 1. The second-order valence-electron chi connectivity index (χ2n) is 5.67. The van der Waals surface area contributed by atoms with Gasteiger partial charge in [-0.1, -0.05) is 31.2 Å². The lowest BCUT2D eigenvalue weighted by Gasteiger charge is -2.27. The second kappa shape index (κ2) is 6.51. The lowest BCUT2D eigenvalue weighted by molar-refractivity contribution is 0.0189. The number of aryl methyl sites for hydroxylation is 1. The molecule has 2 atom stereocenters. The van der Waals surface area contributed by atoms with Gasteiger partial charge >= 0.3 is 0 Å². The predicted octanol–water partition coefficient (Wildman–Crippen LogP) is 2.41. The van der Waals surface area contributed by atoms with Gasteiger partial charge < -0.3 is 15.8 Å². The normalized spacial score (nSPS) is 24.6. The maximum absolute atomic E-state index is 5.90. The molecule has 1 aromatic rings. The first-order valence-electron chi connectivity index (χ1n) is 7.33. The Morgan fingerprint density at radius 2 is 2.11 bits per heavy atom. The molecule has 0 amide bonds. The molecule has 0 spiro atoms. The lowest BCUT2D eigenvalue weighted by Crippen LogP contribution is -2.40. The largest absolute Gasteiger partial charge is 0.374 e. The summed E-state index contributed by atoms with van der Waals surface area (Å²) in [6.45, 7) is 6.72. The van der Waals surface area contributed by atoms with Crippen LogP contribution in [-0.2, 0) is 11.2 Å². The first-order chi connectivity index (χ1) is 9.17. The number of nitrogens with two attached hydrogens (primary N) is 1. The Labute approximate surface area is 116 Å². The van der Waals surface area contributed by atoms with E-state index in [4.69, 9.17) is 10.5 Å². The van der Waals surface area contributed by atoms with Crippen LogP contribution in [0.25, 0.3) is 0 Å². The molecule has 1 aliphatic rings. The molecule has 1 aromatic carbocycles. The molecule has 3 N–H and O–H groups in total. The highest BCUT2D eigenvalue weighted by atomic mass is 16.5. The fourth-order valence-corrected chi connectivity index (χ4v) is 2.64. The maximum Gasteiger partial charge on any atom is 0.0779 e. The Morgan fingerprint density at radius 1 is 1.37 bits per heavy atom. The quantitative estimate of drug-likeness (QED) is 0.827. The molecule has 1 fully saturated rings. The zero-order chi connectivity index (χ0) is 13.7. The van der Waals surface area contributed by atoms with Gasteiger partial charge in [-0.3, -0.25) is 0 Å². The zero-order valence-corrected chi connectivity index (χ0v) is 12.1. The average molecular weight is 262 g/mol. The van der Waals surface area contributed by atoms with Gasteiger partial charge in [0.1, 0.15) is 0 Å². The predicted molar refractivity (Wildman–Crippen MR) is 79.2 cm³/mol. The molecule has 0 aromatic heterocycles. The standard InChI is InChI=1S/C16H26N2O/c1-3-13-5-7-14(8-6-13)15(11-17)18-12-16(2)9-4-10-19-16/h5-8,15,18H,3-4,9-12,17H2,1-2H3. The van der Waals surface area contributed by atoms with Crippen molar-refractivity contribution in [2.45, 2.75) is 44.8 Å². The monoisotopic (exact) mass is 262 g/mol. The van der Waals surface area contributed by atoms with Crippen molar-refractivity contribution < 1.29 is 4.74 Å². The van der Waals surface area contributed by atoms with Crippen molar-refractivity contribution in [1.82, 2.24) is 5.32 Å². The van der Waals surface area contributed by atoms with E-state index < -0.39 is 0 Å². The number of hydrogen-bond donors (Lipinski definition) is 2. The first-order valence-corrected chi connectivity index (χ1v) is 7.33. The summed E-state index contributed by atoms with van der Waals surface area (Å²) in [5.74, 6) is 0. The van der Waals surface area contributed by atoms with Crippen LogP contribution in [0.1, 0.15) is 43.9 Å². The molecule has 1 saturated heterocycles. The van der Waals surface area contributed by atoms with Crippen LogP contribution in [0.5, 0.6) is 0 Å². The summed E-state index contributed by atoms with van der Waals surface area (Å²) in [6, 6.07) is 8.95. The fraction of sp³-hybridized carbons (Fsp3) is 0.625. The van der Waals surface area contributed by atoms with Crippen LogP contribution in [0.15, 0.2) is 24.3 Å². The average Bonchev–Trinajstić information content (AvgIpc) is 2.87. The molecule has 0 aliphatic carbocycles. The number of nitrogens with one attached hydrogen (secondary N) is 1. The Bertz CT molecular complexity index is 382.